The minimum Gasteiger partial charge on any atom is -0.350 e. The Hall–Kier alpha value is -2.86. The van der Waals surface area contributed by atoms with Gasteiger partial charge in [-0.25, -0.2) is 4.68 Å². The van der Waals surface area contributed by atoms with Crippen LogP contribution in [0.4, 0.5) is 0 Å². The van der Waals surface area contributed by atoms with E-state index in [0.717, 1.165) is 27.5 Å². The molecule has 0 aliphatic heterocycles. The van der Waals surface area contributed by atoms with E-state index in [9.17, 15) is 4.79 Å². The van der Waals surface area contributed by atoms with Gasteiger partial charge in [-0.3, -0.25) is 4.79 Å². The summed E-state index contributed by atoms with van der Waals surface area (Å²) < 4.78 is 4.58. The Morgan fingerprint density at radius 3 is 2.59 bits per heavy atom. The molecule has 0 aliphatic rings. The molecule has 1 amide bonds. The Balaban J connectivity index is 1.41. The summed E-state index contributed by atoms with van der Waals surface area (Å²) >= 11 is 3.58. The molecule has 1 N–H and O–H groups in total. The molecule has 4 aromatic rings. The first-order valence-electron chi connectivity index (χ1n) is 8.75. The topological polar surface area (TPSA) is 51.9 Å². The van der Waals surface area contributed by atoms with Crippen molar-refractivity contribution in [3.63, 3.8) is 0 Å². The summed E-state index contributed by atoms with van der Waals surface area (Å²) in [7, 11) is 1.91. The van der Waals surface area contributed by atoms with Crippen molar-refractivity contribution in [1.82, 2.24) is 19.7 Å². The van der Waals surface area contributed by atoms with Crippen LogP contribution in [-0.4, -0.2) is 26.8 Å². The summed E-state index contributed by atoms with van der Waals surface area (Å²) in [6.07, 6.45) is 4.44. The highest BCUT2D eigenvalue weighted by Gasteiger charge is 2.18. The lowest BCUT2D eigenvalue weighted by molar-refractivity contribution is 0.0945. The molecule has 0 aliphatic carbocycles. The van der Waals surface area contributed by atoms with E-state index < -0.39 is 0 Å². The third kappa shape index (κ3) is 3.40. The highest BCUT2D eigenvalue weighted by molar-refractivity contribution is 9.10. The maximum atomic E-state index is 12.7. The number of carbonyl (C=O) groups is 1. The molecule has 2 heterocycles. The third-order valence-corrected chi connectivity index (χ3v) is 5.47. The lowest BCUT2D eigenvalue weighted by atomic mass is 10.1. The minimum absolute atomic E-state index is 0.0752. The van der Waals surface area contributed by atoms with E-state index in [2.05, 4.69) is 38.5 Å². The van der Waals surface area contributed by atoms with Crippen molar-refractivity contribution in [3.05, 3.63) is 82.7 Å². The molecule has 0 radical (unpaired) electrons. The molecule has 27 heavy (non-hydrogen) atoms. The average Bonchev–Trinajstić information content (AvgIpc) is 3.31. The lowest BCUT2D eigenvalue weighted by Crippen LogP contribution is -2.27. The minimum atomic E-state index is -0.0752. The maximum Gasteiger partial charge on any atom is 0.269 e. The van der Waals surface area contributed by atoms with Gasteiger partial charge in [0, 0.05) is 36.9 Å². The number of aryl methyl sites for hydroxylation is 1. The molecule has 2 aromatic heterocycles. The van der Waals surface area contributed by atoms with Crippen LogP contribution in [0.15, 0.2) is 71.5 Å². The van der Waals surface area contributed by atoms with Gasteiger partial charge >= 0.3 is 0 Å². The Morgan fingerprint density at radius 1 is 1.11 bits per heavy atom. The van der Waals surface area contributed by atoms with E-state index in [1.165, 1.54) is 5.56 Å². The Kier molecular flexibility index (Phi) is 4.81. The number of fused-ring (bicyclic) bond motifs is 1. The zero-order valence-corrected chi connectivity index (χ0v) is 16.5. The number of para-hydroxylation sites is 1. The molecular formula is C21H19BrN4O. The third-order valence-electron chi connectivity index (χ3n) is 4.66. The number of nitrogens with zero attached hydrogens (tertiary/aromatic N) is 3. The molecule has 0 atom stereocenters. The summed E-state index contributed by atoms with van der Waals surface area (Å²) in [5.74, 6) is -0.0752. The molecule has 0 unspecified atom stereocenters. The van der Waals surface area contributed by atoms with E-state index in [4.69, 9.17) is 0 Å². The molecule has 0 fully saturated rings. The standard InChI is InChI=1S/C21H19BrN4O/c1-25-18-6-3-2-5-17(18)19(22)20(25)21(27)23-13-11-15-7-9-16(10-8-15)26-14-4-12-24-26/h2-10,12,14H,11,13H2,1H3,(H,23,27). The van der Waals surface area contributed by atoms with Crippen molar-refractivity contribution in [3.8, 4) is 5.69 Å². The van der Waals surface area contributed by atoms with Crippen LogP contribution < -0.4 is 5.32 Å². The van der Waals surface area contributed by atoms with Crippen LogP contribution in [0.2, 0.25) is 0 Å². The van der Waals surface area contributed by atoms with Gasteiger partial charge in [0.2, 0.25) is 0 Å². The van der Waals surface area contributed by atoms with Crippen molar-refractivity contribution >= 4 is 32.7 Å². The van der Waals surface area contributed by atoms with Crippen molar-refractivity contribution < 1.29 is 4.79 Å². The van der Waals surface area contributed by atoms with Crippen LogP contribution in [0.25, 0.3) is 16.6 Å². The summed E-state index contributed by atoms with van der Waals surface area (Å²) in [6, 6.07) is 18.1. The monoisotopic (exact) mass is 422 g/mol. The molecule has 0 spiro atoms. The van der Waals surface area contributed by atoms with E-state index in [1.807, 2.05) is 65.0 Å². The smallest absolute Gasteiger partial charge is 0.269 e. The number of carbonyl (C=O) groups excluding carboxylic acids is 1. The van der Waals surface area contributed by atoms with Gasteiger partial charge < -0.3 is 9.88 Å². The summed E-state index contributed by atoms with van der Waals surface area (Å²) in [5.41, 5.74) is 3.86. The molecule has 0 saturated carbocycles. The molecule has 136 valence electrons. The number of benzene rings is 2. The van der Waals surface area contributed by atoms with E-state index in [-0.39, 0.29) is 5.91 Å². The number of rotatable bonds is 5. The Labute approximate surface area is 165 Å². The first kappa shape index (κ1) is 17.5. The zero-order valence-electron chi connectivity index (χ0n) is 14.9. The van der Waals surface area contributed by atoms with Gasteiger partial charge in [0.05, 0.1) is 10.2 Å². The van der Waals surface area contributed by atoms with Crippen LogP contribution in [0, 0.1) is 0 Å². The van der Waals surface area contributed by atoms with Crippen molar-refractivity contribution in [1.29, 1.82) is 0 Å². The Bertz CT molecular complexity index is 1040. The predicted molar refractivity (Wildman–Crippen MR) is 110 cm³/mol. The highest BCUT2D eigenvalue weighted by atomic mass is 79.9. The van der Waals surface area contributed by atoms with Crippen LogP contribution in [-0.2, 0) is 13.5 Å². The summed E-state index contributed by atoms with van der Waals surface area (Å²) in [5, 5.41) is 8.29. The molecule has 0 bridgehead atoms. The maximum absolute atomic E-state index is 12.7. The van der Waals surface area contributed by atoms with Gasteiger partial charge in [-0.1, -0.05) is 30.3 Å². The number of halogens is 1. The van der Waals surface area contributed by atoms with Gasteiger partial charge in [-0.15, -0.1) is 0 Å². The van der Waals surface area contributed by atoms with E-state index >= 15 is 0 Å². The van der Waals surface area contributed by atoms with Gasteiger partial charge in [-0.2, -0.15) is 5.10 Å². The van der Waals surface area contributed by atoms with Crippen molar-refractivity contribution in [2.45, 2.75) is 6.42 Å². The fraction of sp³-hybridized carbons (Fsp3) is 0.143. The first-order valence-corrected chi connectivity index (χ1v) is 9.54. The SMILES string of the molecule is Cn1c(C(=O)NCCc2ccc(-n3cccn3)cc2)c(Br)c2ccccc21. The fourth-order valence-corrected chi connectivity index (χ4v) is 4.02. The van der Waals surface area contributed by atoms with E-state index in [0.29, 0.717) is 12.2 Å². The molecule has 6 heteroatoms. The number of hydrogen-bond donors (Lipinski definition) is 1. The fourth-order valence-electron chi connectivity index (χ4n) is 3.24. The largest absolute Gasteiger partial charge is 0.350 e. The second kappa shape index (κ2) is 7.40. The van der Waals surface area contributed by atoms with Crippen LogP contribution in [0.1, 0.15) is 16.1 Å². The van der Waals surface area contributed by atoms with E-state index in [1.54, 1.807) is 6.20 Å². The normalized spacial score (nSPS) is 11.0. The van der Waals surface area contributed by atoms with Crippen LogP contribution in [0.3, 0.4) is 0 Å². The lowest BCUT2D eigenvalue weighted by Gasteiger charge is -2.08. The van der Waals surface area contributed by atoms with Crippen LogP contribution >= 0.6 is 15.9 Å². The number of amides is 1. The number of hydrogen-bond acceptors (Lipinski definition) is 2. The molecule has 5 nitrogen and oxygen atoms in total. The van der Waals surface area contributed by atoms with Crippen molar-refractivity contribution in [2.24, 2.45) is 7.05 Å². The van der Waals surface area contributed by atoms with Gasteiger partial charge in [0.15, 0.2) is 0 Å². The summed E-state index contributed by atoms with van der Waals surface area (Å²) in [6.45, 7) is 0.577. The molecule has 4 rings (SSSR count). The molecular weight excluding hydrogens is 404 g/mol. The second-order valence-corrected chi connectivity index (χ2v) is 7.15. The quantitative estimate of drug-likeness (QED) is 0.526. The number of nitrogens with one attached hydrogen (secondary N) is 1. The van der Waals surface area contributed by atoms with Gasteiger partial charge in [0.1, 0.15) is 5.69 Å². The first-order chi connectivity index (χ1) is 13.1. The van der Waals surface area contributed by atoms with Gasteiger partial charge in [-0.05, 0) is 52.2 Å². The van der Waals surface area contributed by atoms with Crippen molar-refractivity contribution in [2.75, 3.05) is 6.54 Å². The zero-order chi connectivity index (χ0) is 18.8. The number of aromatic nitrogens is 3. The Morgan fingerprint density at radius 2 is 1.89 bits per heavy atom. The van der Waals surface area contributed by atoms with Gasteiger partial charge in [0.25, 0.3) is 5.91 Å². The average molecular weight is 423 g/mol. The second-order valence-electron chi connectivity index (χ2n) is 6.36. The van der Waals surface area contributed by atoms with Crippen LogP contribution in [0.5, 0.6) is 0 Å². The summed E-state index contributed by atoms with van der Waals surface area (Å²) in [4.78, 5) is 12.7. The predicted octanol–water partition coefficient (Wildman–Crippen LogP) is 4.10. The molecule has 0 saturated heterocycles. The highest BCUT2D eigenvalue weighted by Crippen LogP contribution is 2.30. The molecule has 2 aromatic carbocycles.